The summed E-state index contributed by atoms with van der Waals surface area (Å²) >= 11 is 11.7. The highest BCUT2D eigenvalue weighted by Crippen LogP contribution is 2.25. The molecule has 94 valence electrons. The van der Waals surface area contributed by atoms with Crippen LogP contribution in [0.2, 0.25) is 10.0 Å². The molecule has 0 unspecified atom stereocenters. The number of urea groups is 1. The zero-order chi connectivity index (χ0) is 13.1. The van der Waals surface area contributed by atoms with Crippen molar-refractivity contribution >= 4 is 40.9 Å². The Bertz CT molecular complexity index is 583. The van der Waals surface area contributed by atoms with Crippen LogP contribution in [0.1, 0.15) is 5.82 Å². The molecule has 8 heteroatoms. The van der Waals surface area contributed by atoms with Gasteiger partial charge in [0.25, 0.3) is 0 Å². The zero-order valence-electron chi connectivity index (χ0n) is 9.29. The maximum Gasteiger partial charge on any atom is 0.326 e. The first-order valence-electron chi connectivity index (χ1n) is 4.96. The van der Waals surface area contributed by atoms with Gasteiger partial charge >= 0.3 is 6.03 Å². The molecule has 0 atom stereocenters. The van der Waals surface area contributed by atoms with Crippen LogP contribution in [0.25, 0.3) is 0 Å². The van der Waals surface area contributed by atoms with E-state index in [1.165, 1.54) is 0 Å². The van der Waals surface area contributed by atoms with Gasteiger partial charge in [0.2, 0.25) is 5.95 Å². The van der Waals surface area contributed by atoms with Crippen molar-refractivity contribution in [2.24, 2.45) is 0 Å². The normalized spacial score (nSPS) is 10.2. The standard InChI is InChI=1S/C10H9Cl2N5O/c1-5-13-9(17-16-5)15-10(18)14-8-4-6(11)2-3-7(8)12/h2-4H,1H3,(H3,13,14,15,16,17,18). The molecule has 2 rings (SSSR count). The third-order valence-corrected chi connectivity index (χ3v) is 2.56. The van der Waals surface area contributed by atoms with Crippen molar-refractivity contribution in [2.45, 2.75) is 6.92 Å². The molecule has 1 aromatic heterocycles. The highest BCUT2D eigenvalue weighted by Gasteiger charge is 2.08. The predicted octanol–water partition coefficient (Wildman–Crippen LogP) is 3.06. The second kappa shape index (κ2) is 5.24. The summed E-state index contributed by atoms with van der Waals surface area (Å²) < 4.78 is 0. The molecule has 1 aromatic carbocycles. The number of hydrogen-bond acceptors (Lipinski definition) is 3. The summed E-state index contributed by atoms with van der Waals surface area (Å²) in [5, 5.41) is 12.2. The van der Waals surface area contributed by atoms with Crippen molar-refractivity contribution in [3.8, 4) is 0 Å². The Kier molecular flexibility index (Phi) is 3.69. The predicted molar refractivity (Wildman–Crippen MR) is 70.2 cm³/mol. The molecule has 0 spiro atoms. The fraction of sp³-hybridized carbons (Fsp3) is 0.100. The number of aromatic amines is 1. The monoisotopic (exact) mass is 285 g/mol. The van der Waals surface area contributed by atoms with E-state index in [4.69, 9.17) is 23.2 Å². The van der Waals surface area contributed by atoms with Gasteiger partial charge in [-0.15, -0.1) is 5.10 Å². The number of nitrogens with zero attached hydrogens (tertiary/aromatic N) is 2. The van der Waals surface area contributed by atoms with Crippen molar-refractivity contribution in [3.63, 3.8) is 0 Å². The molecule has 0 aliphatic rings. The Hall–Kier alpha value is -1.79. The third kappa shape index (κ3) is 3.12. The van der Waals surface area contributed by atoms with Gasteiger partial charge < -0.3 is 5.32 Å². The fourth-order valence-electron chi connectivity index (χ4n) is 1.25. The van der Waals surface area contributed by atoms with Gasteiger partial charge in [-0.25, -0.2) is 4.79 Å². The Morgan fingerprint density at radius 1 is 1.33 bits per heavy atom. The number of aryl methyl sites for hydroxylation is 1. The summed E-state index contributed by atoms with van der Waals surface area (Å²) in [6, 6.07) is 4.27. The Morgan fingerprint density at radius 3 is 2.78 bits per heavy atom. The SMILES string of the molecule is Cc1nc(NC(=O)Nc2cc(Cl)ccc2Cl)n[nH]1. The molecule has 0 bridgehead atoms. The number of nitrogens with one attached hydrogen (secondary N) is 3. The van der Waals surface area contributed by atoms with Gasteiger partial charge in [0.15, 0.2) is 0 Å². The summed E-state index contributed by atoms with van der Waals surface area (Å²) in [6.07, 6.45) is 0. The minimum absolute atomic E-state index is 0.183. The lowest BCUT2D eigenvalue weighted by molar-refractivity contribution is 0.262. The molecule has 0 aliphatic heterocycles. The van der Waals surface area contributed by atoms with Gasteiger partial charge in [0.05, 0.1) is 10.7 Å². The first-order chi connectivity index (χ1) is 8.54. The van der Waals surface area contributed by atoms with Crippen LogP contribution in [0.5, 0.6) is 0 Å². The molecule has 18 heavy (non-hydrogen) atoms. The molecule has 0 saturated heterocycles. The van der Waals surface area contributed by atoms with Crippen LogP contribution >= 0.6 is 23.2 Å². The molecule has 6 nitrogen and oxygen atoms in total. The van der Waals surface area contributed by atoms with Crippen molar-refractivity contribution in [1.82, 2.24) is 15.2 Å². The zero-order valence-corrected chi connectivity index (χ0v) is 10.8. The van der Waals surface area contributed by atoms with Crippen LogP contribution < -0.4 is 10.6 Å². The van der Waals surface area contributed by atoms with Gasteiger partial charge in [-0.1, -0.05) is 23.2 Å². The number of H-pyrrole nitrogens is 1. The summed E-state index contributed by atoms with van der Waals surface area (Å²) in [5.74, 6) is 0.786. The van der Waals surface area contributed by atoms with Crippen LogP contribution in [0.3, 0.4) is 0 Å². The third-order valence-electron chi connectivity index (χ3n) is 2.00. The number of benzene rings is 1. The number of rotatable bonds is 2. The quantitative estimate of drug-likeness (QED) is 0.793. The van der Waals surface area contributed by atoms with Crippen molar-refractivity contribution < 1.29 is 4.79 Å². The average Bonchev–Trinajstić information content (AvgIpc) is 2.69. The number of aromatic nitrogens is 3. The maximum atomic E-state index is 11.6. The lowest BCUT2D eigenvalue weighted by Crippen LogP contribution is -2.20. The van der Waals surface area contributed by atoms with Gasteiger partial charge in [0, 0.05) is 5.02 Å². The second-order valence-electron chi connectivity index (χ2n) is 3.45. The van der Waals surface area contributed by atoms with Crippen molar-refractivity contribution in [2.75, 3.05) is 10.6 Å². The first-order valence-corrected chi connectivity index (χ1v) is 5.72. The number of hydrogen-bond donors (Lipinski definition) is 3. The highest BCUT2D eigenvalue weighted by molar-refractivity contribution is 6.35. The number of amides is 2. The highest BCUT2D eigenvalue weighted by atomic mass is 35.5. The minimum atomic E-state index is -0.502. The van der Waals surface area contributed by atoms with E-state index in [1.54, 1.807) is 25.1 Å². The lowest BCUT2D eigenvalue weighted by atomic mass is 10.3. The van der Waals surface area contributed by atoms with Crippen LogP contribution in [-0.2, 0) is 0 Å². The minimum Gasteiger partial charge on any atom is -0.306 e. The molecule has 0 fully saturated rings. The van der Waals surface area contributed by atoms with E-state index >= 15 is 0 Å². The average molecular weight is 286 g/mol. The molecule has 0 saturated carbocycles. The van der Waals surface area contributed by atoms with Gasteiger partial charge in [0.1, 0.15) is 5.82 Å². The lowest BCUT2D eigenvalue weighted by Gasteiger charge is -2.07. The molecule has 0 radical (unpaired) electrons. The molecule has 2 aromatic rings. The molecule has 2 amide bonds. The topological polar surface area (TPSA) is 82.7 Å². The van der Waals surface area contributed by atoms with Crippen molar-refractivity contribution in [1.29, 1.82) is 0 Å². The second-order valence-corrected chi connectivity index (χ2v) is 4.29. The van der Waals surface area contributed by atoms with Crippen LogP contribution in [-0.4, -0.2) is 21.2 Å². The van der Waals surface area contributed by atoms with Crippen LogP contribution in [0.15, 0.2) is 18.2 Å². The van der Waals surface area contributed by atoms with E-state index in [9.17, 15) is 4.79 Å². The molecular weight excluding hydrogens is 277 g/mol. The molecule has 0 aliphatic carbocycles. The van der Waals surface area contributed by atoms with E-state index in [2.05, 4.69) is 25.8 Å². The summed E-state index contributed by atoms with van der Waals surface area (Å²) in [4.78, 5) is 15.6. The van der Waals surface area contributed by atoms with Crippen molar-refractivity contribution in [3.05, 3.63) is 34.1 Å². The van der Waals surface area contributed by atoms with Gasteiger partial charge in [-0.05, 0) is 25.1 Å². The Labute approximate surface area is 113 Å². The molecule has 3 N–H and O–H groups in total. The molecule has 1 heterocycles. The summed E-state index contributed by atoms with van der Waals surface area (Å²) in [5.41, 5.74) is 0.411. The first kappa shape index (κ1) is 12.7. The van der Waals surface area contributed by atoms with E-state index in [0.717, 1.165) is 0 Å². The van der Waals surface area contributed by atoms with E-state index in [1.807, 2.05) is 0 Å². The Balaban J connectivity index is 2.05. The number of carbonyl (C=O) groups excluding carboxylic acids is 1. The van der Waals surface area contributed by atoms with E-state index in [0.29, 0.717) is 21.6 Å². The largest absolute Gasteiger partial charge is 0.326 e. The van der Waals surface area contributed by atoms with E-state index < -0.39 is 6.03 Å². The maximum absolute atomic E-state index is 11.6. The fourth-order valence-corrected chi connectivity index (χ4v) is 1.58. The smallest absolute Gasteiger partial charge is 0.306 e. The number of halogens is 2. The Morgan fingerprint density at radius 2 is 2.11 bits per heavy atom. The van der Waals surface area contributed by atoms with Crippen LogP contribution in [0.4, 0.5) is 16.4 Å². The van der Waals surface area contributed by atoms with E-state index in [-0.39, 0.29) is 5.95 Å². The number of carbonyl (C=O) groups is 1. The van der Waals surface area contributed by atoms with Gasteiger partial charge in [-0.2, -0.15) is 4.98 Å². The summed E-state index contributed by atoms with van der Waals surface area (Å²) in [7, 11) is 0. The molecular formula is C10H9Cl2N5O. The summed E-state index contributed by atoms with van der Waals surface area (Å²) in [6.45, 7) is 1.73. The van der Waals surface area contributed by atoms with Gasteiger partial charge in [-0.3, -0.25) is 10.4 Å². The number of anilines is 2. The van der Waals surface area contributed by atoms with Crippen LogP contribution in [0, 0.1) is 6.92 Å².